The van der Waals surface area contributed by atoms with Crippen LogP contribution in [0.3, 0.4) is 0 Å². The molecule has 1 atom stereocenters. The van der Waals surface area contributed by atoms with E-state index in [0.717, 1.165) is 17.1 Å². The molecule has 0 amide bonds. The molecule has 7 nitrogen and oxygen atoms in total. The lowest BCUT2D eigenvalue weighted by Crippen LogP contribution is -2.40. The first-order valence-corrected chi connectivity index (χ1v) is 9.53. The lowest BCUT2D eigenvalue weighted by atomic mass is 10.0. The van der Waals surface area contributed by atoms with E-state index in [-0.39, 0.29) is 30.7 Å². The van der Waals surface area contributed by atoms with Crippen molar-refractivity contribution < 1.29 is 22.4 Å². The first kappa shape index (κ1) is 18.7. The van der Waals surface area contributed by atoms with Crippen molar-refractivity contribution in [3.63, 3.8) is 0 Å². The van der Waals surface area contributed by atoms with Crippen LogP contribution in [0.2, 0.25) is 0 Å². The zero-order valence-corrected chi connectivity index (χ0v) is 14.8. The molecule has 0 saturated heterocycles. The maximum Gasteiger partial charge on any atom is 0.246 e. The summed E-state index contributed by atoms with van der Waals surface area (Å²) >= 11 is 0. The van der Waals surface area contributed by atoms with Crippen molar-refractivity contribution in [3.05, 3.63) is 23.6 Å². The van der Waals surface area contributed by atoms with Crippen molar-refractivity contribution in [2.24, 2.45) is 16.8 Å². The normalized spacial score (nSPS) is 22.0. The SMILES string of the molecule is CCON=C(N)N(C)S(=O)(=O)CC1=C(F)C=CC(OCC2CC2)C1. The molecule has 9 heteroatoms. The van der Waals surface area contributed by atoms with Gasteiger partial charge in [-0.2, -0.15) is 0 Å². The van der Waals surface area contributed by atoms with Gasteiger partial charge in [0.2, 0.25) is 16.0 Å². The first-order valence-electron chi connectivity index (χ1n) is 7.92. The van der Waals surface area contributed by atoms with Crippen molar-refractivity contribution >= 4 is 16.0 Å². The van der Waals surface area contributed by atoms with Crippen LogP contribution in [0.1, 0.15) is 26.2 Å². The molecule has 0 aliphatic heterocycles. The van der Waals surface area contributed by atoms with Gasteiger partial charge in [-0.3, -0.25) is 0 Å². The Balaban J connectivity index is 1.99. The Hall–Kier alpha value is -1.61. The Bertz CT molecular complexity index is 641. The van der Waals surface area contributed by atoms with E-state index in [0.29, 0.717) is 12.5 Å². The maximum absolute atomic E-state index is 14.0. The highest BCUT2D eigenvalue weighted by molar-refractivity contribution is 7.89. The molecule has 0 bridgehead atoms. The second-order valence-corrected chi connectivity index (χ2v) is 7.92. The number of ether oxygens (including phenoxy) is 1. The van der Waals surface area contributed by atoms with E-state index in [1.807, 2.05) is 0 Å². The zero-order valence-electron chi connectivity index (χ0n) is 13.9. The van der Waals surface area contributed by atoms with Crippen LogP contribution in [0.15, 0.2) is 28.7 Å². The molecule has 1 saturated carbocycles. The molecular formula is C15H24FN3O4S. The summed E-state index contributed by atoms with van der Waals surface area (Å²) < 4.78 is 45.2. The van der Waals surface area contributed by atoms with Crippen LogP contribution >= 0.6 is 0 Å². The second kappa shape index (κ2) is 7.98. The molecule has 0 aromatic carbocycles. The van der Waals surface area contributed by atoms with E-state index in [9.17, 15) is 12.8 Å². The highest BCUT2D eigenvalue weighted by atomic mass is 32.2. The quantitative estimate of drug-likeness (QED) is 0.402. The monoisotopic (exact) mass is 361 g/mol. The highest BCUT2D eigenvalue weighted by Crippen LogP contribution is 2.31. The minimum absolute atomic E-state index is 0.175. The molecule has 2 N–H and O–H groups in total. The third kappa shape index (κ3) is 5.20. The smallest absolute Gasteiger partial charge is 0.246 e. The third-order valence-corrected chi connectivity index (χ3v) is 5.60. The van der Waals surface area contributed by atoms with Crippen molar-refractivity contribution in [2.75, 3.05) is 26.0 Å². The van der Waals surface area contributed by atoms with Crippen molar-refractivity contribution in [1.29, 1.82) is 0 Å². The average molecular weight is 361 g/mol. The van der Waals surface area contributed by atoms with E-state index in [1.165, 1.54) is 13.1 Å². The maximum atomic E-state index is 14.0. The number of oxime groups is 1. The van der Waals surface area contributed by atoms with Gasteiger partial charge in [-0.1, -0.05) is 6.08 Å². The van der Waals surface area contributed by atoms with Crippen LogP contribution in [0.25, 0.3) is 0 Å². The van der Waals surface area contributed by atoms with Gasteiger partial charge in [0, 0.05) is 13.5 Å². The van der Waals surface area contributed by atoms with Crippen LogP contribution < -0.4 is 5.73 Å². The van der Waals surface area contributed by atoms with Gasteiger partial charge >= 0.3 is 0 Å². The molecule has 0 aromatic heterocycles. The topological polar surface area (TPSA) is 94.2 Å². The predicted molar refractivity (Wildman–Crippen MR) is 89.2 cm³/mol. The molecule has 0 spiro atoms. The lowest BCUT2D eigenvalue weighted by Gasteiger charge is -2.23. The standard InChI is InChI=1S/C15H24FN3O4S/c1-3-23-18-15(17)19(2)24(20,21)10-12-8-13(6-7-14(12)16)22-9-11-4-5-11/h6-7,11,13H,3-5,8-10H2,1-2H3,(H2,17,18). The van der Waals surface area contributed by atoms with Gasteiger partial charge in [0.25, 0.3) is 0 Å². The molecule has 2 aliphatic rings. The van der Waals surface area contributed by atoms with E-state index >= 15 is 0 Å². The molecule has 24 heavy (non-hydrogen) atoms. The van der Waals surface area contributed by atoms with Gasteiger partial charge in [0.15, 0.2) is 0 Å². The fourth-order valence-corrected chi connectivity index (χ4v) is 3.36. The van der Waals surface area contributed by atoms with Gasteiger partial charge in [-0.25, -0.2) is 17.1 Å². The van der Waals surface area contributed by atoms with Crippen LogP contribution in [-0.2, 0) is 19.6 Å². The average Bonchev–Trinajstić information content (AvgIpc) is 3.36. The molecule has 136 valence electrons. The Labute approximate surface area is 142 Å². The van der Waals surface area contributed by atoms with E-state index in [4.69, 9.17) is 15.3 Å². The number of halogens is 1. The summed E-state index contributed by atoms with van der Waals surface area (Å²) in [6.45, 7) is 2.59. The van der Waals surface area contributed by atoms with Crippen molar-refractivity contribution in [3.8, 4) is 0 Å². The van der Waals surface area contributed by atoms with Gasteiger partial charge < -0.3 is 15.3 Å². The fraction of sp³-hybridized carbons (Fsp3) is 0.667. The summed E-state index contributed by atoms with van der Waals surface area (Å²) in [5.41, 5.74) is 5.74. The molecule has 0 aromatic rings. The number of hydrogen-bond acceptors (Lipinski definition) is 5. The minimum Gasteiger partial charge on any atom is -0.393 e. The largest absolute Gasteiger partial charge is 0.393 e. The summed E-state index contributed by atoms with van der Waals surface area (Å²) in [5, 5.41) is 3.48. The van der Waals surface area contributed by atoms with Crippen molar-refractivity contribution in [2.45, 2.75) is 32.3 Å². The summed E-state index contributed by atoms with van der Waals surface area (Å²) in [7, 11) is -2.60. The number of rotatable bonds is 8. The molecule has 0 heterocycles. The molecule has 2 rings (SSSR count). The third-order valence-electron chi connectivity index (χ3n) is 3.87. The van der Waals surface area contributed by atoms with Gasteiger partial charge in [0.1, 0.15) is 12.4 Å². The number of allylic oxidation sites excluding steroid dienone is 2. The summed E-state index contributed by atoms with van der Waals surface area (Å²) in [6, 6.07) is 0. The molecule has 0 radical (unpaired) electrons. The Morgan fingerprint density at radius 2 is 2.21 bits per heavy atom. The lowest BCUT2D eigenvalue weighted by molar-refractivity contribution is 0.0756. The predicted octanol–water partition coefficient (Wildman–Crippen LogP) is 1.49. The molecular weight excluding hydrogens is 337 g/mol. The molecule has 1 fully saturated rings. The van der Waals surface area contributed by atoms with Crippen LogP contribution in [0.4, 0.5) is 4.39 Å². The minimum atomic E-state index is -3.85. The first-order chi connectivity index (χ1) is 11.3. The van der Waals surface area contributed by atoms with E-state index in [1.54, 1.807) is 13.0 Å². The number of sulfonamides is 1. The van der Waals surface area contributed by atoms with Crippen molar-refractivity contribution in [1.82, 2.24) is 4.31 Å². The van der Waals surface area contributed by atoms with Crippen LogP contribution in [0, 0.1) is 5.92 Å². The van der Waals surface area contributed by atoms with E-state index in [2.05, 4.69) is 5.16 Å². The Kier molecular flexibility index (Phi) is 6.22. The van der Waals surface area contributed by atoms with Gasteiger partial charge in [-0.05, 0) is 42.5 Å². The Morgan fingerprint density at radius 3 is 2.83 bits per heavy atom. The number of nitrogens with two attached hydrogens (primary N) is 1. The van der Waals surface area contributed by atoms with Crippen LogP contribution in [0.5, 0.6) is 0 Å². The highest BCUT2D eigenvalue weighted by Gasteiger charge is 2.28. The zero-order chi connectivity index (χ0) is 17.7. The summed E-state index contributed by atoms with van der Waals surface area (Å²) in [4.78, 5) is 4.74. The Morgan fingerprint density at radius 1 is 1.50 bits per heavy atom. The summed E-state index contributed by atoms with van der Waals surface area (Å²) in [6.07, 6.45) is 5.13. The number of hydrogen-bond donors (Lipinski definition) is 1. The molecule has 1 unspecified atom stereocenters. The van der Waals surface area contributed by atoms with Crippen LogP contribution in [-0.4, -0.2) is 50.8 Å². The fourth-order valence-electron chi connectivity index (χ4n) is 2.15. The van der Waals surface area contributed by atoms with Gasteiger partial charge in [-0.15, -0.1) is 0 Å². The second-order valence-electron chi connectivity index (χ2n) is 5.92. The number of nitrogens with zero attached hydrogens (tertiary/aromatic N) is 2. The van der Waals surface area contributed by atoms with E-state index < -0.39 is 21.6 Å². The van der Waals surface area contributed by atoms with Gasteiger partial charge in [0.05, 0.1) is 18.5 Å². The number of guanidine groups is 1. The molecule has 2 aliphatic carbocycles. The summed E-state index contributed by atoms with van der Waals surface area (Å²) in [5.74, 6) is -0.739.